The normalized spacial score (nSPS) is 21.2. The van der Waals surface area contributed by atoms with Gasteiger partial charge in [-0.25, -0.2) is 0 Å². The zero-order valence-corrected chi connectivity index (χ0v) is 10.2. The van der Waals surface area contributed by atoms with Crippen LogP contribution in [-0.4, -0.2) is 41.1 Å². The Balaban J connectivity index is 2.15. The highest BCUT2D eigenvalue weighted by molar-refractivity contribution is 5.93. The van der Waals surface area contributed by atoms with Crippen LogP contribution in [0.4, 0.5) is 0 Å². The van der Waals surface area contributed by atoms with Gasteiger partial charge >= 0.3 is 0 Å². The molecule has 1 atom stereocenters. The highest BCUT2D eigenvalue weighted by atomic mass is 16.2. The molecular formula is C12H19N3O. The number of nitrogens with zero attached hydrogens (tertiary/aromatic N) is 2. The predicted octanol–water partition coefficient (Wildman–Crippen LogP) is 0.767. The Morgan fingerprint density at radius 1 is 1.50 bits per heavy atom. The van der Waals surface area contributed by atoms with Crippen LogP contribution in [0.1, 0.15) is 23.1 Å². The number of aryl methyl sites for hydroxylation is 1. The Hall–Kier alpha value is -1.29. The van der Waals surface area contributed by atoms with E-state index in [1.807, 2.05) is 35.6 Å². The Morgan fingerprint density at radius 2 is 2.25 bits per heavy atom. The van der Waals surface area contributed by atoms with Crippen molar-refractivity contribution in [2.45, 2.75) is 19.9 Å². The number of piperazine rings is 1. The summed E-state index contributed by atoms with van der Waals surface area (Å²) in [6.45, 7) is 6.60. The van der Waals surface area contributed by atoms with Gasteiger partial charge in [-0.3, -0.25) is 4.79 Å². The first-order valence-electron chi connectivity index (χ1n) is 5.74. The van der Waals surface area contributed by atoms with E-state index in [9.17, 15) is 4.79 Å². The lowest BCUT2D eigenvalue weighted by atomic mass is 10.2. The molecule has 1 N–H and O–H groups in total. The Kier molecular flexibility index (Phi) is 3.01. The zero-order chi connectivity index (χ0) is 11.7. The number of carbonyl (C=O) groups is 1. The van der Waals surface area contributed by atoms with Crippen molar-refractivity contribution < 1.29 is 4.79 Å². The molecule has 1 aromatic heterocycles. The highest BCUT2D eigenvalue weighted by Gasteiger charge is 2.23. The van der Waals surface area contributed by atoms with Gasteiger partial charge in [-0.2, -0.15) is 0 Å². The van der Waals surface area contributed by atoms with Gasteiger partial charge in [0.1, 0.15) is 5.69 Å². The smallest absolute Gasteiger partial charge is 0.270 e. The van der Waals surface area contributed by atoms with Crippen LogP contribution in [0, 0.1) is 6.92 Å². The maximum absolute atomic E-state index is 12.3. The van der Waals surface area contributed by atoms with Gasteiger partial charge in [0.15, 0.2) is 0 Å². The van der Waals surface area contributed by atoms with Crippen molar-refractivity contribution in [1.82, 2.24) is 14.8 Å². The first kappa shape index (κ1) is 11.2. The number of amides is 1. The topological polar surface area (TPSA) is 37.3 Å². The summed E-state index contributed by atoms with van der Waals surface area (Å²) in [5.74, 6) is 0.143. The molecule has 0 aliphatic carbocycles. The van der Waals surface area contributed by atoms with Crippen LogP contribution in [0.15, 0.2) is 12.1 Å². The molecule has 1 aromatic rings. The molecule has 4 heteroatoms. The maximum atomic E-state index is 12.3. The Labute approximate surface area is 96.2 Å². The molecule has 16 heavy (non-hydrogen) atoms. The van der Waals surface area contributed by atoms with Crippen LogP contribution >= 0.6 is 0 Å². The first-order chi connectivity index (χ1) is 7.59. The standard InChI is InChI=1S/C12H19N3O/c1-9-8-15(7-6-13-9)12(16)11-5-4-10(2)14(11)3/h4-5,9,13H,6-8H2,1-3H3. The third kappa shape index (κ3) is 1.97. The molecule has 0 saturated carbocycles. The van der Waals surface area contributed by atoms with E-state index in [0.717, 1.165) is 31.0 Å². The molecule has 1 aliphatic rings. The highest BCUT2D eigenvalue weighted by Crippen LogP contribution is 2.10. The summed E-state index contributed by atoms with van der Waals surface area (Å²) < 4.78 is 1.95. The number of hydrogen-bond acceptors (Lipinski definition) is 2. The fraction of sp³-hybridized carbons (Fsp3) is 0.583. The largest absolute Gasteiger partial charge is 0.344 e. The van der Waals surface area contributed by atoms with Crippen LogP contribution < -0.4 is 5.32 Å². The molecule has 1 fully saturated rings. The van der Waals surface area contributed by atoms with Gasteiger partial charge in [0.05, 0.1) is 0 Å². The number of aromatic nitrogens is 1. The minimum atomic E-state index is 0.143. The molecule has 2 heterocycles. The second-order valence-electron chi connectivity index (χ2n) is 4.53. The van der Waals surface area contributed by atoms with Crippen LogP contribution in [-0.2, 0) is 7.05 Å². The lowest BCUT2D eigenvalue weighted by Gasteiger charge is -2.32. The van der Waals surface area contributed by atoms with Crippen molar-refractivity contribution >= 4 is 5.91 Å². The van der Waals surface area contributed by atoms with Crippen LogP contribution in [0.2, 0.25) is 0 Å². The van der Waals surface area contributed by atoms with Gasteiger partial charge in [0.25, 0.3) is 5.91 Å². The third-order valence-corrected chi connectivity index (χ3v) is 3.25. The number of nitrogens with one attached hydrogen (secondary N) is 1. The number of carbonyl (C=O) groups excluding carboxylic acids is 1. The Bertz CT molecular complexity index is 397. The average Bonchev–Trinajstić information content (AvgIpc) is 2.59. The molecule has 1 unspecified atom stereocenters. The van der Waals surface area contributed by atoms with E-state index in [4.69, 9.17) is 0 Å². The number of rotatable bonds is 1. The molecule has 2 rings (SSSR count). The lowest BCUT2D eigenvalue weighted by Crippen LogP contribution is -2.51. The fourth-order valence-electron chi connectivity index (χ4n) is 2.11. The summed E-state index contributed by atoms with van der Waals surface area (Å²) in [7, 11) is 1.94. The zero-order valence-electron chi connectivity index (χ0n) is 10.2. The molecule has 4 nitrogen and oxygen atoms in total. The molecule has 0 bridgehead atoms. The van der Waals surface area contributed by atoms with E-state index in [1.54, 1.807) is 0 Å². The van der Waals surface area contributed by atoms with Crippen molar-refractivity contribution in [3.63, 3.8) is 0 Å². The summed E-state index contributed by atoms with van der Waals surface area (Å²) in [6, 6.07) is 4.28. The van der Waals surface area contributed by atoms with Crippen LogP contribution in [0.3, 0.4) is 0 Å². The van der Waals surface area contributed by atoms with Gasteiger partial charge in [-0.05, 0) is 26.0 Å². The van der Waals surface area contributed by atoms with E-state index < -0.39 is 0 Å². The summed E-state index contributed by atoms with van der Waals surface area (Å²) in [5.41, 5.74) is 1.90. The van der Waals surface area contributed by atoms with E-state index >= 15 is 0 Å². The minimum Gasteiger partial charge on any atom is -0.344 e. The first-order valence-corrected chi connectivity index (χ1v) is 5.74. The summed E-state index contributed by atoms with van der Waals surface area (Å²) in [4.78, 5) is 14.2. The summed E-state index contributed by atoms with van der Waals surface area (Å²) >= 11 is 0. The van der Waals surface area contributed by atoms with Crippen molar-refractivity contribution in [2.24, 2.45) is 7.05 Å². The SMILES string of the molecule is Cc1ccc(C(=O)N2CCNC(C)C2)n1C. The molecule has 88 valence electrons. The van der Waals surface area contributed by atoms with Gasteiger partial charge in [0, 0.05) is 38.4 Å². The molecule has 0 spiro atoms. The van der Waals surface area contributed by atoms with E-state index in [2.05, 4.69) is 12.2 Å². The van der Waals surface area contributed by atoms with Gasteiger partial charge in [-0.1, -0.05) is 0 Å². The maximum Gasteiger partial charge on any atom is 0.270 e. The summed E-state index contributed by atoms with van der Waals surface area (Å²) in [6.07, 6.45) is 0. The molecule has 1 amide bonds. The van der Waals surface area contributed by atoms with Crippen molar-refractivity contribution in [2.75, 3.05) is 19.6 Å². The summed E-state index contributed by atoms with van der Waals surface area (Å²) in [5, 5.41) is 3.34. The monoisotopic (exact) mass is 221 g/mol. The fourth-order valence-corrected chi connectivity index (χ4v) is 2.11. The van der Waals surface area contributed by atoms with E-state index in [0.29, 0.717) is 6.04 Å². The van der Waals surface area contributed by atoms with Gasteiger partial charge in [0.2, 0.25) is 0 Å². The van der Waals surface area contributed by atoms with Crippen LogP contribution in [0.5, 0.6) is 0 Å². The second kappa shape index (κ2) is 4.29. The van der Waals surface area contributed by atoms with Crippen molar-refractivity contribution in [3.8, 4) is 0 Å². The Morgan fingerprint density at radius 3 is 2.81 bits per heavy atom. The molecule has 1 aliphatic heterocycles. The number of hydrogen-bond donors (Lipinski definition) is 1. The van der Waals surface area contributed by atoms with Gasteiger partial charge in [-0.15, -0.1) is 0 Å². The second-order valence-corrected chi connectivity index (χ2v) is 4.53. The lowest BCUT2D eigenvalue weighted by molar-refractivity contribution is 0.0699. The predicted molar refractivity (Wildman–Crippen MR) is 63.5 cm³/mol. The van der Waals surface area contributed by atoms with E-state index in [-0.39, 0.29) is 5.91 Å². The molecule has 0 radical (unpaired) electrons. The average molecular weight is 221 g/mol. The minimum absolute atomic E-state index is 0.143. The van der Waals surface area contributed by atoms with Crippen molar-refractivity contribution in [1.29, 1.82) is 0 Å². The molecule has 1 saturated heterocycles. The molecular weight excluding hydrogens is 202 g/mol. The van der Waals surface area contributed by atoms with Crippen molar-refractivity contribution in [3.05, 3.63) is 23.5 Å². The molecule has 0 aromatic carbocycles. The van der Waals surface area contributed by atoms with Crippen LogP contribution in [0.25, 0.3) is 0 Å². The van der Waals surface area contributed by atoms with E-state index in [1.165, 1.54) is 0 Å². The van der Waals surface area contributed by atoms with Gasteiger partial charge < -0.3 is 14.8 Å². The quantitative estimate of drug-likeness (QED) is 0.760. The third-order valence-electron chi connectivity index (χ3n) is 3.25.